The van der Waals surface area contributed by atoms with Crippen molar-refractivity contribution in [2.75, 3.05) is 31.6 Å². The summed E-state index contributed by atoms with van der Waals surface area (Å²) in [6.07, 6.45) is 1.37. The summed E-state index contributed by atoms with van der Waals surface area (Å²) in [7, 11) is 0. The van der Waals surface area contributed by atoms with Gasteiger partial charge in [0.15, 0.2) is 17.2 Å². The van der Waals surface area contributed by atoms with Gasteiger partial charge in [-0.2, -0.15) is 0 Å². The Morgan fingerprint density at radius 3 is 2.54 bits per heavy atom. The summed E-state index contributed by atoms with van der Waals surface area (Å²) in [6.45, 7) is 2.41. The molecule has 1 aromatic heterocycles. The number of benzene rings is 2. The molecule has 1 aliphatic rings. The molecule has 4 rings (SSSR count). The molecule has 0 radical (unpaired) electrons. The van der Waals surface area contributed by atoms with E-state index in [0.717, 1.165) is 16.9 Å². The van der Waals surface area contributed by atoms with Gasteiger partial charge in [-0.15, -0.1) is 11.3 Å². The predicted molar refractivity (Wildman–Crippen MR) is 154 cm³/mol. The molecular formula is C27H26BrN3O9S. The second-order valence-corrected chi connectivity index (χ2v) is 11.2. The molecule has 1 aliphatic heterocycles. The molecule has 0 aliphatic carbocycles. The molecule has 3 aromatic rings. The number of carbonyl (C=O) groups is 3. The van der Waals surface area contributed by atoms with E-state index in [1.165, 1.54) is 12.1 Å². The minimum Gasteiger partial charge on any atom is -0.493 e. The zero-order chi connectivity index (χ0) is 29.7. The monoisotopic (exact) mass is 647 g/mol. The van der Waals surface area contributed by atoms with Crippen molar-refractivity contribution in [2.24, 2.45) is 5.92 Å². The van der Waals surface area contributed by atoms with Crippen molar-refractivity contribution < 1.29 is 39.0 Å². The van der Waals surface area contributed by atoms with Crippen LogP contribution in [0.4, 0.5) is 16.2 Å². The fourth-order valence-electron chi connectivity index (χ4n) is 4.32. The lowest BCUT2D eigenvalue weighted by Gasteiger charge is -2.31. The molecule has 1 saturated heterocycles. The van der Waals surface area contributed by atoms with Gasteiger partial charge >= 0.3 is 18.0 Å². The Bertz CT molecular complexity index is 1480. The Morgan fingerprint density at radius 1 is 1.15 bits per heavy atom. The zero-order valence-corrected chi connectivity index (χ0v) is 24.2. The first-order chi connectivity index (χ1) is 19.5. The van der Waals surface area contributed by atoms with Crippen molar-refractivity contribution in [2.45, 2.75) is 19.8 Å². The van der Waals surface area contributed by atoms with Crippen LogP contribution in [0.15, 0.2) is 46.9 Å². The van der Waals surface area contributed by atoms with Gasteiger partial charge in [0.05, 0.1) is 20.9 Å². The third-order valence-electron chi connectivity index (χ3n) is 6.42. The number of halogens is 1. The lowest BCUT2D eigenvalue weighted by molar-refractivity contribution is -0.384. The number of likely N-dealkylation sites (tertiary alicyclic amines) is 1. The molecule has 2 aromatic carbocycles. The Balaban J connectivity index is 1.35. The van der Waals surface area contributed by atoms with E-state index in [0.29, 0.717) is 53.2 Å². The zero-order valence-electron chi connectivity index (χ0n) is 21.8. The molecule has 12 nitrogen and oxygen atoms in total. The summed E-state index contributed by atoms with van der Waals surface area (Å²) in [6, 6.07) is 11.4. The van der Waals surface area contributed by atoms with Gasteiger partial charge in [-0.25, -0.2) is 14.4 Å². The number of aromatic carboxylic acids is 1. The van der Waals surface area contributed by atoms with Gasteiger partial charge in [0.25, 0.3) is 5.69 Å². The van der Waals surface area contributed by atoms with Crippen molar-refractivity contribution in [3.63, 3.8) is 0 Å². The lowest BCUT2D eigenvalue weighted by atomic mass is 9.98. The number of hydrogen-bond acceptors (Lipinski definition) is 8. The Morgan fingerprint density at radius 2 is 1.88 bits per heavy atom. The third-order valence-corrected chi connectivity index (χ3v) is 8.65. The van der Waals surface area contributed by atoms with Gasteiger partial charge in [-0.05, 0) is 70.9 Å². The maximum atomic E-state index is 12.7. The number of urea groups is 1. The fraction of sp³-hybridized carbons (Fsp3) is 0.296. The second kappa shape index (κ2) is 13.0. The predicted octanol–water partition coefficient (Wildman–Crippen LogP) is 5.88. The van der Waals surface area contributed by atoms with E-state index in [4.69, 9.17) is 14.6 Å². The molecule has 216 valence electrons. The quantitative estimate of drug-likeness (QED) is 0.180. The van der Waals surface area contributed by atoms with E-state index in [-0.39, 0.29) is 27.9 Å². The van der Waals surface area contributed by atoms with Crippen LogP contribution >= 0.6 is 27.3 Å². The number of hydrogen-bond donors (Lipinski definition) is 3. The summed E-state index contributed by atoms with van der Waals surface area (Å²) in [5, 5.41) is 32.5. The summed E-state index contributed by atoms with van der Waals surface area (Å²) >= 11 is 4.31. The molecule has 0 atom stereocenters. The van der Waals surface area contributed by atoms with Crippen LogP contribution in [0.3, 0.4) is 0 Å². The standard InChI is InChI=1S/C27H26BrN3O9S/c1-15-5-6-19(20(11-15)31(37)38)29-27(36)30-9-7-16(8-10-30)13-39-18-4-2-3-17(12-18)24-22(28)23(40-14-21(32)33)25(41-24)26(34)35/h2-6,11-12,16H,7-10,13-14H2,1H3,(H,29,36)(H,32,33)(H,34,35). The highest BCUT2D eigenvalue weighted by Gasteiger charge is 2.26. The third kappa shape index (κ3) is 7.32. The van der Waals surface area contributed by atoms with Crippen molar-refractivity contribution in [1.82, 2.24) is 4.90 Å². The molecule has 14 heteroatoms. The molecule has 2 amide bonds. The second-order valence-electron chi connectivity index (χ2n) is 9.37. The fourth-order valence-corrected chi connectivity index (χ4v) is 6.21. The number of aliphatic carboxylic acids is 1. The summed E-state index contributed by atoms with van der Waals surface area (Å²) in [5.41, 5.74) is 1.40. The van der Waals surface area contributed by atoms with Gasteiger partial charge in [0.1, 0.15) is 11.4 Å². The number of nitro groups is 1. The molecule has 41 heavy (non-hydrogen) atoms. The van der Waals surface area contributed by atoms with Crippen molar-refractivity contribution in [3.05, 3.63) is 67.5 Å². The topological polar surface area (TPSA) is 169 Å². The molecule has 0 spiro atoms. The maximum absolute atomic E-state index is 12.7. The summed E-state index contributed by atoms with van der Waals surface area (Å²) < 4.78 is 11.6. The van der Waals surface area contributed by atoms with E-state index >= 15 is 0 Å². The number of carboxylic acids is 2. The van der Waals surface area contributed by atoms with E-state index in [1.54, 1.807) is 42.2 Å². The number of amides is 2. The number of rotatable bonds is 10. The number of nitrogens with zero attached hydrogens (tertiary/aromatic N) is 2. The number of nitrogens with one attached hydrogen (secondary N) is 1. The van der Waals surface area contributed by atoms with Crippen LogP contribution in [0.1, 0.15) is 28.1 Å². The Hall–Kier alpha value is -4.17. The summed E-state index contributed by atoms with van der Waals surface area (Å²) in [4.78, 5) is 48.2. The number of ether oxygens (including phenoxy) is 2. The van der Waals surface area contributed by atoms with Crippen molar-refractivity contribution >= 4 is 56.6 Å². The van der Waals surface area contributed by atoms with Crippen LogP contribution in [0.2, 0.25) is 0 Å². The first-order valence-corrected chi connectivity index (χ1v) is 14.1. The minimum absolute atomic E-state index is 0.0426. The Kier molecular flexibility index (Phi) is 9.45. The van der Waals surface area contributed by atoms with Crippen LogP contribution in [-0.2, 0) is 4.79 Å². The van der Waals surface area contributed by atoms with Gasteiger partial charge in [0.2, 0.25) is 0 Å². The smallest absolute Gasteiger partial charge is 0.349 e. The molecular weight excluding hydrogens is 622 g/mol. The van der Waals surface area contributed by atoms with Crippen LogP contribution < -0.4 is 14.8 Å². The van der Waals surface area contributed by atoms with Crippen LogP contribution in [0, 0.1) is 23.0 Å². The van der Waals surface area contributed by atoms with Gasteiger partial charge in [0, 0.05) is 19.2 Å². The average molecular weight is 648 g/mol. The van der Waals surface area contributed by atoms with Crippen LogP contribution in [0.5, 0.6) is 11.5 Å². The molecule has 0 unspecified atom stereocenters. The van der Waals surface area contributed by atoms with Crippen LogP contribution in [-0.4, -0.2) is 64.3 Å². The number of piperidine rings is 1. The maximum Gasteiger partial charge on any atom is 0.349 e. The lowest BCUT2D eigenvalue weighted by Crippen LogP contribution is -2.42. The van der Waals surface area contributed by atoms with Gasteiger partial charge in [-0.3, -0.25) is 10.1 Å². The minimum atomic E-state index is -1.23. The molecule has 0 bridgehead atoms. The molecule has 2 heterocycles. The highest BCUT2D eigenvalue weighted by atomic mass is 79.9. The number of carbonyl (C=O) groups excluding carboxylic acids is 1. The van der Waals surface area contributed by atoms with E-state index in [9.17, 15) is 29.6 Å². The average Bonchev–Trinajstić information content (AvgIpc) is 3.28. The van der Waals surface area contributed by atoms with Crippen LogP contribution in [0.25, 0.3) is 10.4 Å². The molecule has 0 saturated carbocycles. The SMILES string of the molecule is Cc1ccc(NC(=O)N2CCC(COc3cccc(-c4sc(C(=O)O)c(OCC(=O)O)c4Br)c3)CC2)c([N+](=O)[O-])c1. The number of nitro benzene ring substituents is 1. The largest absolute Gasteiger partial charge is 0.493 e. The molecule has 3 N–H and O–H groups in total. The van der Waals surface area contributed by atoms with E-state index < -0.39 is 29.5 Å². The van der Waals surface area contributed by atoms with E-state index in [2.05, 4.69) is 21.2 Å². The van der Waals surface area contributed by atoms with Crippen molar-refractivity contribution in [3.8, 4) is 21.9 Å². The van der Waals surface area contributed by atoms with Gasteiger partial charge < -0.3 is 29.9 Å². The number of carboxylic acid groups (broad SMARTS) is 2. The highest BCUT2D eigenvalue weighted by molar-refractivity contribution is 9.10. The van der Waals surface area contributed by atoms with Crippen molar-refractivity contribution in [1.29, 1.82) is 0 Å². The first kappa shape index (κ1) is 29.8. The number of thiophene rings is 1. The molecule has 1 fully saturated rings. The first-order valence-electron chi connectivity index (χ1n) is 12.5. The van der Waals surface area contributed by atoms with E-state index in [1.807, 2.05) is 0 Å². The van der Waals surface area contributed by atoms with Gasteiger partial charge in [-0.1, -0.05) is 18.2 Å². The Labute approximate surface area is 246 Å². The number of anilines is 1. The number of aryl methyl sites for hydroxylation is 1. The highest BCUT2D eigenvalue weighted by Crippen LogP contribution is 2.46. The normalized spacial score (nSPS) is 13.5. The summed E-state index contributed by atoms with van der Waals surface area (Å²) in [5.74, 6) is -1.75.